The van der Waals surface area contributed by atoms with Gasteiger partial charge in [-0.25, -0.2) is 0 Å². The van der Waals surface area contributed by atoms with E-state index in [4.69, 9.17) is 10.2 Å². The Morgan fingerprint density at radius 2 is 0.500 bits per heavy atom. The van der Waals surface area contributed by atoms with Gasteiger partial charge in [0.1, 0.15) is 0 Å². The molecule has 0 aliphatic carbocycles. The summed E-state index contributed by atoms with van der Waals surface area (Å²) in [4.78, 5) is 21.2. The van der Waals surface area contributed by atoms with E-state index in [2.05, 4.69) is 0 Å². The van der Waals surface area contributed by atoms with Crippen molar-refractivity contribution in [3.8, 4) is 0 Å². The Hall–Kier alpha value is -2.88. The van der Waals surface area contributed by atoms with Crippen molar-refractivity contribution in [2.45, 2.75) is 187 Å². The van der Waals surface area contributed by atoms with E-state index in [0.717, 1.165) is 0 Å². The largest absolute Gasteiger partial charge is 0.481 e. The Kier molecular flexibility index (Phi) is 20.4. The van der Waals surface area contributed by atoms with Crippen molar-refractivity contribution in [2.75, 3.05) is 0 Å². The summed E-state index contributed by atoms with van der Waals surface area (Å²) in [6.07, 6.45) is -29.4. The molecule has 0 radical (unpaired) electrons. The number of halogens is 26. The van der Waals surface area contributed by atoms with Crippen LogP contribution >= 0.6 is 0 Å². The predicted molar refractivity (Wildman–Crippen MR) is 167 cm³/mol. The van der Waals surface area contributed by atoms with Gasteiger partial charge in [-0.15, -0.1) is 0 Å². The normalized spacial score (nSPS) is 16.0. The summed E-state index contributed by atoms with van der Waals surface area (Å²) in [5, 5.41) is 17.3. The summed E-state index contributed by atoms with van der Waals surface area (Å²) in [5.41, 5.74) is 0. The van der Waals surface area contributed by atoms with Crippen molar-refractivity contribution in [3.05, 3.63) is 0 Å². The maximum absolute atomic E-state index is 15.3. The zero-order chi connectivity index (χ0) is 51.0. The smallest absolute Gasteiger partial charge is 0.460 e. The van der Waals surface area contributed by atoms with Crippen LogP contribution in [0.5, 0.6) is 0 Å². The van der Waals surface area contributed by atoms with Crippen LogP contribution in [0, 0.1) is 11.8 Å². The lowest BCUT2D eigenvalue weighted by molar-refractivity contribution is -0.442. The summed E-state index contributed by atoms with van der Waals surface area (Å²) >= 11 is 0. The van der Waals surface area contributed by atoms with Gasteiger partial charge in [0.05, 0.1) is 0 Å². The highest BCUT2D eigenvalue weighted by atomic mass is 19.4. The van der Waals surface area contributed by atoms with Crippen LogP contribution in [0.25, 0.3) is 0 Å². The first-order valence-electron chi connectivity index (χ1n) is 18.6. The topological polar surface area (TPSA) is 74.6 Å². The van der Waals surface area contributed by atoms with E-state index in [9.17, 15) is 106 Å². The Bertz CT molecular complexity index is 1360. The molecule has 0 saturated heterocycles. The third-order valence-electron chi connectivity index (χ3n) is 10.1. The highest BCUT2D eigenvalue weighted by molar-refractivity contribution is 5.66. The molecule has 64 heavy (non-hydrogen) atoms. The van der Waals surface area contributed by atoms with Crippen LogP contribution in [0.15, 0.2) is 0 Å². The molecule has 4 nitrogen and oxygen atoms in total. The molecule has 0 rings (SSSR count). The number of rotatable bonds is 31. The molecule has 2 unspecified atom stereocenters. The van der Waals surface area contributed by atoms with E-state index in [1.54, 1.807) is 0 Å². The lowest BCUT2D eigenvalue weighted by Gasteiger charge is -2.42. The summed E-state index contributed by atoms with van der Waals surface area (Å²) in [7, 11) is 0. The second kappa shape index (κ2) is 21.4. The summed E-state index contributed by atoms with van der Waals surface area (Å²) < 4.78 is 363. The second-order valence-corrected chi connectivity index (χ2v) is 15.0. The first kappa shape index (κ1) is 61.1. The number of hydrogen-bond acceptors (Lipinski definition) is 2. The minimum Gasteiger partial charge on any atom is -0.481 e. The van der Waals surface area contributed by atoms with Gasteiger partial charge in [-0.3, -0.25) is 9.59 Å². The maximum Gasteiger partial charge on any atom is 0.460 e. The Balaban J connectivity index is 7.46. The van der Waals surface area contributed by atoms with Crippen molar-refractivity contribution in [3.63, 3.8) is 0 Å². The molecule has 0 aliphatic rings. The lowest BCUT2D eigenvalue weighted by Crippen LogP contribution is -2.70. The minimum atomic E-state index is -8.49. The Labute approximate surface area is 345 Å². The van der Waals surface area contributed by atoms with Gasteiger partial charge in [-0.2, -0.15) is 114 Å². The first-order chi connectivity index (χ1) is 28.3. The monoisotopic (exact) mass is 1010 g/mol. The van der Waals surface area contributed by atoms with Crippen molar-refractivity contribution in [1.29, 1.82) is 0 Å². The lowest BCUT2D eigenvalue weighted by atomic mass is 9.74. The van der Waals surface area contributed by atoms with Gasteiger partial charge in [0.2, 0.25) is 0 Å². The number of carboxylic acids is 2. The fourth-order valence-corrected chi connectivity index (χ4v) is 6.31. The van der Waals surface area contributed by atoms with Gasteiger partial charge in [0.25, 0.3) is 0 Å². The Morgan fingerprint density at radius 1 is 0.297 bits per heavy atom. The maximum atomic E-state index is 15.3. The average Bonchev–Trinajstić information content (AvgIpc) is 3.10. The molecule has 2 atom stereocenters. The average molecular weight is 1010 g/mol. The molecule has 0 bridgehead atoms. The standard InChI is InChI=1S/C34H40F26O4/c35-23(36,25(39,40)27(43,44)29(47,48)31(51,52)33(55,56)57)17-19(13-9-5-1-3-7-11-15-21(61)62)20(14-10-6-2-4-8-12-16-22(63)64)18-24(37,38)26(41,42)28(45,46)30(49,50)32(53,54)34(58,59)60/h19-20H,1-18H2,(H,61,62)(H,63,64). The van der Waals surface area contributed by atoms with Crippen LogP contribution in [0.2, 0.25) is 0 Å². The minimum absolute atomic E-state index is 0.00700. The zero-order valence-electron chi connectivity index (χ0n) is 32.4. The SMILES string of the molecule is O=C(O)CCCCCCCCC(CC(F)(F)C(F)(F)C(F)(F)C(F)(F)C(F)(F)C(F)(F)F)C(CCCCCCCCC(=O)O)CC(F)(F)C(F)(F)C(F)(F)C(F)(F)C(F)(F)C(F)(F)F. The van der Waals surface area contributed by atoms with E-state index < -0.39 is 160 Å². The molecule has 0 amide bonds. The third-order valence-corrected chi connectivity index (χ3v) is 10.1. The highest BCUT2D eigenvalue weighted by Gasteiger charge is 2.92. The number of hydrogen-bond donors (Lipinski definition) is 2. The van der Waals surface area contributed by atoms with Gasteiger partial charge >= 0.3 is 83.5 Å². The number of unbranched alkanes of at least 4 members (excludes halogenated alkanes) is 10. The molecule has 0 aromatic heterocycles. The van der Waals surface area contributed by atoms with Crippen LogP contribution in [0.3, 0.4) is 0 Å². The van der Waals surface area contributed by atoms with Gasteiger partial charge in [-0.05, 0) is 37.5 Å². The quantitative estimate of drug-likeness (QED) is 0.0536. The fraction of sp³-hybridized carbons (Fsp3) is 0.941. The number of aliphatic carboxylic acids is 2. The van der Waals surface area contributed by atoms with Gasteiger partial charge in [0.15, 0.2) is 0 Å². The van der Waals surface area contributed by atoms with E-state index in [1.165, 1.54) is 0 Å². The van der Waals surface area contributed by atoms with Crippen LogP contribution in [-0.2, 0) is 9.59 Å². The van der Waals surface area contributed by atoms with Crippen LogP contribution in [0.1, 0.15) is 116 Å². The summed E-state index contributed by atoms with van der Waals surface area (Å²) in [6, 6.07) is 0. The first-order valence-corrected chi connectivity index (χ1v) is 18.6. The van der Waals surface area contributed by atoms with Gasteiger partial charge in [-0.1, -0.05) is 64.2 Å². The molecule has 30 heteroatoms. The van der Waals surface area contributed by atoms with E-state index in [1.807, 2.05) is 0 Å². The molecule has 0 fully saturated rings. The van der Waals surface area contributed by atoms with E-state index in [0.29, 0.717) is 0 Å². The molecular formula is C34H40F26O4. The van der Waals surface area contributed by atoms with Crippen molar-refractivity contribution >= 4 is 11.9 Å². The second-order valence-electron chi connectivity index (χ2n) is 15.0. The van der Waals surface area contributed by atoms with Crippen molar-refractivity contribution < 1.29 is 134 Å². The van der Waals surface area contributed by atoms with Gasteiger partial charge in [0, 0.05) is 25.7 Å². The number of carbonyl (C=O) groups is 2. The summed E-state index contributed by atoms with van der Waals surface area (Å²) in [6.45, 7) is 0. The molecule has 0 heterocycles. The fourth-order valence-electron chi connectivity index (χ4n) is 6.31. The molecule has 0 saturated carbocycles. The summed E-state index contributed by atoms with van der Waals surface area (Å²) in [5.74, 6) is -89.9. The molecule has 382 valence electrons. The number of carboxylic acid groups (broad SMARTS) is 2. The van der Waals surface area contributed by atoms with Gasteiger partial charge < -0.3 is 10.2 Å². The molecule has 2 N–H and O–H groups in total. The van der Waals surface area contributed by atoms with Crippen LogP contribution in [0.4, 0.5) is 114 Å². The molecule has 0 aliphatic heterocycles. The third kappa shape index (κ3) is 13.2. The molecular weight excluding hydrogens is 966 g/mol. The molecule has 0 spiro atoms. The van der Waals surface area contributed by atoms with Crippen LogP contribution in [-0.4, -0.2) is 93.7 Å². The van der Waals surface area contributed by atoms with E-state index in [-0.39, 0.29) is 51.4 Å². The van der Waals surface area contributed by atoms with E-state index >= 15 is 17.6 Å². The van der Waals surface area contributed by atoms with Crippen LogP contribution < -0.4 is 0 Å². The van der Waals surface area contributed by atoms with Crippen molar-refractivity contribution in [1.82, 2.24) is 0 Å². The predicted octanol–water partition coefficient (Wildman–Crippen LogP) is 14.9. The van der Waals surface area contributed by atoms with Crippen molar-refractivity contribution in [2.24, 2.45) is 11.8 Å². The number of alkyl halides is 26. The zero-order valence-corrected chi connectivity index (χ0v) is 32.4. The highest BCUT2D eigenvalue weighted by Crippen LogP contribution is 2.64. The Morgan fingerprint density at radius 3 is 0.719 bits per heavy atom. The molecule has 0 aromatic rings. The molecule has 0 aromatic carbocycles.